The molecule has 0 saturated carbocycles. The summed E-state index contributed by atoms with van der Waals surface area (Å²) in [6, 6.07) is 11.9. The van der Waals surface area contributed by atoms with Crippen LogP contribution in [-0.2, 0) is 0 Å². The number of carbonyl (C=O) groups is 2. The molecule has 0 atom stereocenters. The van der Waals surface area contributed by atoms with Crippen molar-refractivity contribution in [1.82, 2.24) is 0 Å². The van der Waals surface area contributed by atoms with Gasteiger partial charge in [0.25, 0.3) is 0 Å². The standard InChI is InChI=1S/C14H10N2O4.C2H8N2/c17-13(18)9-1-5-11(6-2-9)15-16-12-7-3-10(4-8-12)14(19)20;3-1-2-4/h1-8H,(H,17,18)(H,19,20);1-4H2. The highest BCUT2D eigenvalue weighted by Gasteiger charge is 2.02. The van der Waals surface area contributed by atoms with Gasteiger partial charge in [0, 0.05) is 13.1 Å². The number of nitrogens with two attached hydrogens (primary N) is 2. The number of hydrogen-bond acceptors (Lipinski definition) is 6. The summed E-state index contributed by atoms with van der Waals surface area (Å²) in [6.07, 6.45) is 0. The maximum absolute atomic E-state index is 10.7. The van der Waals surface area contributed by atoms with Crippen LogP contribution in [-0.4, -0.2) is 35.2 Å². The summed E-state index contributed by atoms with van der Waals surface area (Å²) in [4.78, 5) is 21.4. The van der Waals surface area contributed by atoms with E-state index in [0.29, 0.717) is 24.5 Å². The first-order valence-electron chi connectivity index (χ1n) is 6.96. The van der Waals surface area contributed by atoms with Gasteiger partial charge in [-0.1, -0.05) is 0 Å². The second-order valence-electron chi connectivity index (χ2n) is 4.48. The molecular weight excluding hydrogens is 312 g/mol. The van der Waals surface area contributed by atoms with Crippen LogP contribution in [0, 0.1) is 0 Å². The van der Waals surface area contributed by atoms with Crippen LogP contribution >= 0.6 is 0 Å². The molecule has 24 heavy (non-hydrogen) atoms. The molecule has 2 rings (SSSR count). The van der Waals surface area contributed by atoms with Crippen LogP contribution in [0.1, 0.15) is 20.7 Å². The molecule has 0 saturated heterocycles. The van der Waals surface area contributed by atoms with Gasteiger partial charge < -0.3 is 21.7 Å². The fourth-order valence-electron chi connectivity index (χ4n) is 1.46. The molecule has 0 aromatic heterocycles. The topological polar surface area (TPSA) is 151 Å². The Morgan fingerprint density at radius 2 is 1.00 bits per heavy atom. The van der Waals surface area contributed by atoms with Gasteiger partial charge in [0.05, 0.1) is 22.5 Å². The molecule has 126 valence electrons. The minimum absolute atomic E-state index is 0.176. The second-order valence-corrected chi connectivity index (χ2v) is 4.48. The van der Waals surface area contributed by atoms with Crippen molar-refractivity contribution in [1.29, 1.82) is 0 Å². The molecule has 2 aromatic carbocycles. The zero-order valence-electron chi connectivity index (χ0n) is 12.8. The molecule has 0 fully saturated rings. The quantitative estimate of drug-likeness (QED) is 0.618. The van der Waals surface area contributed by atoms with E-state index in [2.05, 4.69) is 10.2 Å². The van der Waals surface area contributed by atoms with E-state index in [1.54, 1.807) is 24.3 Å². The highest BCUT2D eigenvalue weighted by molar-refractivity contribution is 5.88. The number of carboxylic acids is 2. The summed E-state index contributed by atoms with van der Waals surface area (Å²) in [7, 11) is 0. The number of aromatic carboxylic acids is 2. The van der Waals surface area contributed by atoms with Crippen molar-refractivity contribution in [3.63, 3.8) is 0 Å². The third-order valence-corrected chi connectivity index (χ3v) is 2.68. The molecule has 8 nitrogen and oxygen atoms in total. The molecule has 0 spiro atoms. The Labute approximate surface area is 138 Å². The minimum Gasteiger partial charge on any atom is -0.478 e. The lowest BCUT2D eigenvalue weighted by atomic mass is 10.2. The molecule has 0 heterocycles. The van der Waals surface area contributed by atoms with Gasteiger partial charge in [-0.05, 0) is 48.5 Å². The van der Waals surface area contributed by atoms with E-state index in [4.69, 9.17) is 21.7 Å². The van der Waals surface area contributed by atoms with Crippen molar-refractivity contribution >= 4 is 23.3 Å². The van der Waals surface area contributed by atoms with Gasteiger partial charge in [-0.3, -0.25) is 0 Å². The van der Waals surface area contributed by atoms with Gasteiger partial charge in [-0.15, -0.1) is 0 Å². The number of hydrogen-bond donors (Lipinski definition) is 4. The lowest BCUT2D eigenvalue weighted by Gasteiger charge is -1.96. The van der Waals surface area contributed by atoms with E-state index >= 15 is 0 Å². The van der Waals surface area contributed by atoms with E-state index in [-0.39, 0.29) is 11.1 Å². The highest BCUT2D eigenvalue weighted by Crippen LogP contribution is 2.19. The molecule has 8 heteroatoms. The molecule has 0 unspecified atom stereocenters. The monoisotopic (exact) mass is 330 g/mol. The van der Waals surface area contributed by atoms with Crippen molar-refractivity contribution in [2.24, 2.45) is 21.7 Å². The average molecular weight is 330 g/mol. The Morgan fingerprint density at radius 1 is 0.708 bits per heavy atom. The Balaban J connectivity index is 0.000000648. The molecule has 0 radical (unpaired) electrons. The third-order valence-electron chi connectivity index (χ3n) is 2.68. The Hall–Kier alpha value is -3.10. The van der Waals surface area contributed by atoms with Gasteiger partial charge >= 0.3 is 11.9 Å². The fraction of sp³-hybridized carbons (Fsp3) is 0.125. The van der Waals surface area contributed by atoms with E-state index in [0.717, 1.165) is 0 Å². The van der Waals surface area contributed by atoms with Crippen molar-refractivity contribution in [2.75, 3.05) is 13.1 Å². The predicted molar refractivity (Wildman–Crippen MR) is 89.1 cm³/mol. The second kappa shape index (κ2) is 9.82. The van der Waals surface area contributed by atoms with Crippen molar-refractivity contribution < 1.29 is 19.8 Å². The first kappa shape index (κ1) is 18.9. The van der Waals surface area contributed by atoms with E-state index in [9.17, 15) is 9.59 Å². The van der Waals surface area contributed by atoms with Crippen molar-refractivity contribution in [3.05, 3.63) is 59.7 Å². The Kier molecular flexibility index (Phi) is 7.76. The third kappa shape index (κ3) is 6.34. The summed E-state index contributed by atoms with van der Waals surface area (Å²) in [6.45, 7) is 1.19. The predicted octanol–water partition coefficient (Wildman–Crippen LogP) is 2.40. The van der Waals surface area contributed by atoms with Crippen LogP contribution in [0.3, 0.4) is 0 Å². The number of carboxylic acid groups (broad SMARTS) is 2. The lowest BCUT2D eigenvalue weighted by Crippen LogP contribution is -2.11. The number of rotatable bonds is 5. The van der Waals surface area contributed by atoms with Crippen LogP contribution in [0.25, 0.3) is 0 Å². The summed E-state index contributed by atoms with van der Waals surface area (Å²) >= 11 is 0. The molecular formula is C16H18N4O4. The van der Waals surface area contributed by atoms with Crippen LogP contribution in [0.15, 0.2) is 58.8 Å². The van der Waals surface area contributed by atoms with Crippen LogP contribution in [0.5, 0.6) is 0 Å². The lowest BCUT2D eigenvalue weighted by molar-refractivity contribution is 0.0686. The maximum atomic E-state index is 10.7. The average Bonchev–Trinajstić information content (AvgIpc) is 2.60. The Bertz CT molecular complexity index is 636. The summed E-state index contributed by atoms with van der Waals surface area (Å²) < 4.78 is 0. The van der Waals surface area contributed by atoms with Gasteiger partial charge in [-0.25, -0.2) is 9.59 Å². The number of azo groups is 1. The summed E-state index contributed by atoms with van der Waals surface area (Å²) in [5.74, 6) is -2.00. The number of nitrogens with zero attached hydrogens (tertiary/aromatic N) is 2. The van der Waals surface area contributed by atoms with Gasteiger partial charge in [-0.2, -0.15) is 10.2 Å². The first-order chi connectivity index (χ1) is 11.5. The molecule has 0 amide bonds. The minimum atomic E-state index is -1.00. The van der Waals surface area contributed by atoms with Crippen LogP contribution in [0.2, 0.25) is 0 Å². The normalized spacial score (nSPS) is 10.1. The molecule has 0 aliphatic heterocycles. The largest absolute Gasteiger partial charge is 0.478 e. The molecule has 2 aromatic rings. The zero-order valence-corrected chi connectivity index (χ0v) is 12.8. The van der Waals surface area contributed by atoms with E-state index in [1.165, 1.54) is 24.3 Å². The SMILES string of the molecule is NCCN.O=C(O)c1ccc(N=Nc2ccc(C(=O)O)cc2)cc1. The van der Waals surface area contributed by atoms with Gasteiger partial charge in [0.15, 0.2) is 0 Å². The van der Waals surface area contributed by atoms with Gasteiger partial charge in [0.2, 0.25) is 0 Å². The molecule has 0 aliphatic carbocycles. The molecule has 6 N–H and O–H groups in total. The highest BCUT2D eigenvalue weighted by atomic mass is 16.4. The van der Waals surface area contributed by atoms with Crippen LogP contribution < -0.4 is 11.5 Å². The van der Waals surface area contributed by atoms with Gasteiger partial charge in [0.1, 0.15) is 0 Å². The van der Waals surface area contributed by atoms with E-state index in [1.807, 2.05) is 0 Å². The smallest absolute Gasteiger partial charge is 0.335 e. The number of benzene rings is 2. The maximum Gasteiger partial charge on any atom is 0.335 e. The molecule has 0 aliphatic rings. The fourth-order valence-corrected chi connectivity index (χ4v) is 1.46. The van der Waals surface area contributed by atoms with E-state index < -0.39 is 11.9 Å². The van der Waals surface area contributed by atoms with Crippen LogP contribution in [0.4, 0.5) is 11.4 Å². The van der Waals surface area contributed by atoms with Crippen molar-refractivity contribution in [3.8, 4) is 0 Å². The first-order valence-corrected chi connectivity index (χ1v) is 6.96. The summed E-state index contributed by atoms with van der Waals surface area (Å²) in [5.41, 5.74) is 11.2. The summed E-state index contributed by atoms with van der Waals surface area (Å²) in [5, 5.41) is 25.4. The zero-order chi connectivity index (χ0) is 17.9. The van der Waals surface area contributed by atoms with Crippen molar-refractivity contribution in [2.45, 2.75) is 0 Å². The molecule has 0 bridgehead atoms. The Morgan fingerprint density at radius 3 is 1.21 bits per heavy atom.